The number of rotatable bonds is 6. The molecule has 1 amide bonds. The minimum Gasteiger partial charge on any atom is -0.496 e. The summed E-state index contributed by atoms with van der Waals surface area (Å²) in [5.74, 6) is 0.275. The van der Waals surface area contributed by atoms with Crippen LogP contribution < -0.4 is 15.8 Å². The molecular formula is C15H23FN2O2. The highest BCUT2D eigenvalue weighted by molar-refractivity contribution is 5.81. The number of hydrogen-bond donors (Lipinski definition) is 2. The second kappa shape index (κ2) is 7.24. The largest absolute Gasteiger partial charge is 0.496 e. The molecule has 5 heteroatoms. The molecule has 0 aromatic heterocycles. The van der Waals surface area contributed by atoms with Gasteiger partial charge in [0, 0.05) is 5.56 Å². The third-order valence-electron chi connectivity index (χ3n) is 3.08. The van der Waals surface area contributed by atoms with Crippen molar-refractivity contribution < 1.29 is 13.9 Å². The number of ether oxygens (including phenoxy) is 1. The van der Waals surface area contributed by atoms with E-state index in [0.29, 0.717) is 23.7 Å². The summed E-state index contributed by atoms with van der Waals surface area (Å²) in [4.78, 5) is 12.0. The monoisotopic (exact) mass is 282 g/mol. The molecule has 0 saturated heterocycles. The second-order valence-corrected chi connectivity index (χ2v) is 5.35. The Balaban J connectivity index is 2.78. The smallest absolute Gasteiger partial charge is 0.237 e. The summed E-state index contributed by atoms with van der Waals surface area (Å²) >= 11 is 0. The number of amides is 1. The van der Waals surface area contributed by atoms with E-state index in [0.717, 1.165) is 0 Å². The molecule has 0 radical (unpaired) electrons. The Hall–Kier alpha value is -1.62. The van der Waals surface area contributed by atoms with Gasteiger partial charge in [-0.05, 0) is 37.5 Å². The summed E-state index contributed by atoms with van der Waals surface area (Å²) in [6.07, 6.45) is 0.610. The number of hydrogen-bond acceptors (Lipinski definition) is 3. The van der Waals surface area contributed by atoms with E-state index >= 15 is 0 Å². The molecule has 2 atom stereocenters. The fourth-order valence-electron chi connectivity index (χ4n) is 2.06. The fourth-order valence-corrected chi connectivity index (χ4v) is 2.06. The van der Waals surface area contributed by atoms with Crippen LogP contribution in [0.4, 0.5) is 4.39 Å². The zero-order valence-corrected chi connectivity index (χ0v) is 12.4. The summed E-state index contributed by atoms with van der Waals surface area (Å²) in [5, 5.41) is 2.79. The molecule has 1 unspecified atom stereocenters. The fraction of sp³-hybridized carbons (Fsp3) is 0.533. The summed E-state index contributed by atoms with van der Waals surface area (Å²) in [6, 6.07) is 3.30. The van der Waals surface area contributed by atoms with Crippen molar-refractivity contribution in [1.82, 2.24) is 5.32 Å². The van der Waals surface area contributed by atoms with E-state index in [4.69, 9.17) is 10.5 Å². The maximum atomic E-state index is 13.3. The maximum absolute atomic E-state index is 13.3. The van der Waals surface area contributed by atoms with E-state index in [1.165, 1.54) is 19.2 Å². The molecule has 1 rings (SSSR count). The molecule has 0 aliphatic carbocycles. The van der Waals surface area contributed by atoms with Crippen molar-refractivity contribution in [3.63, 3.8) is 0 Å². The normalized spacial score (nSPS) is 13.9. The van der Waals surface area contributed by atoms with Crippen LogP contribution in [0, 0.1) is 11.7 Å². The number of carbonyl (C=O) groups is 1. The Morgan fingerprint density at radius 1 is 1.40 bits per heavy atom. The van der Waals surface area contributed by atoms with Crippen molar-refractivity contribution >= 4 is 5.91 Å². The van der Waals surface area contributed by atoms with E-state index < -0.39 is 6.04 Å². The van der Waals surface area contributed by atoms with Gasteiger partial charge >= 0.3 is 0 Å². The predicted molar refractivity (Wildman–Crippen MR) is 76.9 cm³/mol. The first-order valence-electron chi connectivity index (χ1n) is 6.74. The lowest BCUT2D eigenvalue weighted by Crippen LogP contribution is -2.42. The van der Waals surface area contributed by atoms with Crippen molar-refractivity contribution in [3.05, 3.63) is 29.6 Å². The molecule has 1 aromatic carbocycles. The highest BCUT2D eigenvalue weighted by Crippen LogP contribution is 2.25. The number of halogens is 1. The quantitative estimate of drug-likeness (QED) is 0.842. The lowest BCUT2D eigenvalue weighted by atomic mass is 10.0. The first kappa shape index (κ1) is 16.4. The van der Waals surface area contributed by atoms with Crippen molar-refractivity contribution in [2.75, 3.05) is 7.11 Å². The topological polar surface area (TPSA) is 64.3 Å². The molecule has 0 spiro atoms. The second-order valence-electron chi connectivity index (χ2n) is 5.35. The van der Waals surface area contributed by atoms with Gasteiger partial charge in [0.2, 0.25) is 5.91 Å². The molecule has 0 aliphatic heterocycles. The van der Waals surface area contributed by atoms with Gasteiger partial charge in [-0.15, -0.1) is 0 Å². The third kappa shape index (κ3) is 4.49. The van der Waals surface area contributed by atoms with E-state index in [1.54, 1.807) is 13.0 Å². The van der Waals surface area contributed by atoms with Gasteiger partial charge in [-0.25, -0.2) is 4.39 Å². The summed E-state index contributed by atoms with van der Waals surface area (Å²) in [5.41, 5.74) is 6.42. The SMILES string of the molecule is COc1ccc(F)cc1C(C)NC(=O)[C@@H](N)CC(C)C. The zero-order valence-electron chi connectivity index (χ0n) is 12.4. The summed E-state index contributed by atoms with van der Waals surface area (Å²) in [6.45, 7) is 5.79. The van der Waals surface area contributed by atoms with Crippen molar-refractivity contribution in [3.8, 4) is 5.75 Å². The first-order valence-corrected chi connectivity index (χ1v) is 6.74. The van der Waals surface area contributed by atoms with E-state index in [-0.39, 0.29) is 17.8 Å². The Morgan fingerprint density at radius 2 is 2.05 bits per heavy atom. The number of benzene rings is 1. The molecule has 0 aliphatic rings. The highest BCUT2D eigenvalue weighted by Gasteiger charge is 2.19. The van der Waals surface area contributed by atoms with Gasteiger partial charge in [-0.1, -0.05) is 13.8 Å². The van der Waals surface area contributed by atoms with E-state index in [1.807, 2.05) is 13.8 Å². The van der Waals surface area contributed by atoms with Gasteiger partial charge in [0.05, 0.1) is 19.2 Å². The van der Waals surface area contributed by atoms with Crippen LogP contribution in [0.1, 0.15) is 38.8 Å². The molecule has 112 valence electrons. The molecule has 0 fully saturated rings. The number of nitrogens with one attached hydrogen (secondary N) is 1. The summed E-state index contributed by atoms with van der Waals surface area (Å²) in [7, 11) is 1.51. The van der Waals surface area contributed by atoms with Gasteiger partial charge in [-0.3, -0.25) is 4.79 Å². The molecule has 0 saturated carbocycles. The van der Waals surface area contributed by atoms with Crippen LogP contribution in [-0.4, -0.2) is 19.1 Å². The van der Waals surface area contributed by atoms with Gasteiger partial charge in [-0.2, -0.15) is 0 Å². The van der Waals surface area contributed by atoms with Crippen molar-refractivity contribution in [2.45, 2.75) is 39.3 Å². The Bertz CT molecular complexity index is 463. The lowest BCUT2D eigenvalue weighted by Gasteiger charge is -2.20. The Kier molecular flexibility index (Phi) is 5.95. The minimum atomic E-state index is -0.558. The van der Waals surface area contributed by atoms with Crippen molar-refractivity contribution in [2.24, 2.45) is 11.7 Å². The average Bonchev–Trinajstić information content (AvgIpc) is 2.37. The highest BCUT2D eigenvalue weighted by atomic mass is 19.1. The Labute approximate surface area is 119 Å². The minimum absolute atomic E-state index is 0.238. The molecule has 20 heavy (non-hydrogen) atoms. The molecule has 0 heterocycles. The van der Waals surface area contributed by atoms with Crippen LogP contribution in [0.3, 0.4) is 0 Å². The van der Waals surface area contributed by atoms with Crippen LogP contribution in [0.15, 0.2) is 18.2 Å². The lowest BCUT2D eigenvalue weighted by molar-refractivity contribution is -0.123. The van der Waals surface area contributed by atoms with E-state index in [9.17, 15) is 9.18 Å². The number of carbonyl (C=O) groups excluding carboxylic acids is 1. The molecule has 0 bridgehead atoms. The molecule has 4 nitrogen and oxygen atoms in total. The van der Waals surface area contributed by atoms with Gasteiger partial charge in [0.15, 0.2) is 0 Å². The average molecular weight is 282 g/mol. The summed E-state index contributed by atoms with van der Waals surface area (Å²) < 4.78 is 18.5. The Morgan fingerprint density at radius 3 is 2.60 bits per heavy atom. The van der Waals surface area contributed by atoms with Gasteiger partial charge < -0.3 is 15.8 Å². The standard InChI is InChI=1S/C15H23FN2O2/c1-9(2)7-13(17)15(19)18-10(3)12-8-11(16)5-6-14(12)20-4/h5-6,8-10,13H,7,17H2,1-4H3,(H,18,19)/t10?,13-/m0/s1. The van der Waals surface area contributed by atoms with E-state index in [2.05, 4.69) is 5.32 Å². The third-order valence-corrected chi connectivity index (χ3v) is 3.08. The van der Waals surface area contributed by atoms with Gasteiger partial charge in [0.1, 0.15) is 11.6 Å². The van der Waals surface area contributed by atoms with Crippen LogP contribution in [-0.2, 0) is 4.79 Å². The zero-order chi connectivity index (χ0) is 15.3. The first-order chi connectivity index (χ1) is 9.35. The maximum Gasteiger partial charge on any atom is 0.237 e. The molecular weight excluding hydrogens is 259 g/mol. The van der Waals surface area contributed by atoms with Crippen molar-refractivity contribution in [1.29, 1.82) is 0 Å². The van der Waals surface area contributed by atoms with Crippen LogP contribution >= 0.6 is 0 Å². The van der Waals surface area contributed by atoms with Crippen LogP contribution in [0.5, 0.6) is 5.75 Å². The van der Waals surface area contributed by atoms with Crippen LogP contribution in [0.25, 0.3) is 0 Å². The molecule has 1 aromatic rings. The predicted octanol–water partition coefficient (Wildman–Crippen LogP) is 2.38. The van der Waals surface area contributed by atoms with Gasteiger partial charge in [0.25, 0.3) is 0 Å². The number of methoxy groups -OCH3 is 1. The molecule has 3 N–H and O–H groups in total. The van der Waals surface area contributed by atoms with Crippen LogP contribution in [0.2, 0.25) is 0 Å². The number of nitrogens with two attached hydrogens (primary N) is 1.